The molecular formula is C19H16ClF3N2. The number of aliphatic imine (C=N–C) groups is 1. The van der Waals surface area contributed by atoms with Gasteiger partial charge in [0.2, 0.25) is 0 Å². The molecule has 2 aromatic rings. The molecule has 0 N–H and O–H groups in total. The lowest BCUT2D eigenvalue weighted by molar-refractivity contribution is -0.147. The van der Waals surface area contributed by atoms with Gasteiger partial charge in [-0.05, 0) is 37.5 Å². The fourth-order valence-electron chi connectivity index (χ4n) is 2.25. The Bertz CT molecular complexity index is 790. The lowest BCUT2D eigenvalue weighted by Gasteiger charge is -2.16. The van der Waals surface area contributed by atoms with Gasteiger partial charge in [0, 0.05) is 11.8 Å². The highest BCUT2D eigenvalue weighted by Gasteiger charge is 2.38. The quantitative estimate of drug-likeness (QED) is 0.645. The maximum Gasteiger partial charge on any atom is 0.410 e. The van der Waals surface area contributed by atoms with Crippen LogP contribution in [0.1, 0.15) is 28.7 Å². The van der Waals surface area contributed by atoms with Crippen molar-refractivity contribution in [3.63, 3.8) is 0 Å². The second kappa shape index (κ2) is 8.17. The summed E-state index contributed by atoms with van der Waals surface area (Å²) >= 11 is 5.97. The van der Waals surface area contributed by atoms with Gasteiger partial charge in [0.25, 0.3) is 0 Å². The van der Waals surface area contributed by atoms with E-state index in [0.29, 0.717) is 11.1 Å². The van der Waals surface area contributed by atoms with Crippen molar-refractivity contribution in [3.8, 4) is 6.07 Å². The van der Waals surface area contributed by atoms with Crippen LogP contribution in [0.25, 0.3) is 0 Å². The summed E-state index contributed by atoms with van der Waals surface area (Å²) in [5.74, 6) is 0. The van der Waals surface area contributed by atoms with E-state index < -0.39 is 12.2 Å². The summed E-state index contributed by atoms with van der Waals surface area (Å²) in [6, 6.07) is 11.9. The van der Waals surface area contributed by atoms with Crippen molar-refractivity contribution in [3.05, 3.63) is 69.7 Å². The molecule has 1 unspecified atom stereocenters. The minimum Gasteiger partial charge on any atom is -0.280 e. The van der Waals surface area contributed by atoms with E-state index >= 15 is 0 Å². The molecule has 0 aliphatic rings. The van der Waals surface area contributed by atoms with Crippen LogP contribution in [0, 0.1) is 18.3 Å². The second-order valence-electron chi connectivity index (χ2n) is 5.71. The Kier molecular flexibility index (Phi) is 6.22. The van der Waals surface area contributed by atoms with E-state index in [-0.39, 0.29) is 17.9 Å². The number of aryl methyl sites for hydroxylation is 2. The molecule has 0 saturated carbocycles. The molecule has 0 aliphatic heterocycles. The molecule has 0 radical (unpaired) electrons. The lowest BCUT2D eigenvalue weighted by atomic mass is 10.0. The fraction of sp³-hybridized carbons (Fsp3) is 0.263. The number of hydrogen-bond acceptors (Lipinski definition) is 2. The summed E-state index contributed by atoms with van der Waals surface area (Å²) in [5, 5.41) is 8.98. The van der Waals surface area contributed by atoms with Gasteiger partial charge < -0.3 is 0 Å². The SMILES string of the molecule is Cc1ccc(CCC(N=Cc2ccc(C#N)cc2Cl)C(F)(F)F)cc1. The van der Waals surface area contributed by atoms with Crippen molar-refractivity contribution in [2.75, 3.05) is 0 Å². The van der Waals surface area contributed by atoms with Gasteiger partial charge in [0.15, 0.2) is 0 Å². The van der Waals surface area contributed by atoms with E-state index in [9.17, 15) is 13.2 Å². The lowest BCUT2D eigenvalue weighted by Crippen LogP contribution is -2.27. The zero-order valence-corrected chi connectivity index (χ0v) is 14.3. The van der Waals surface area contributed by atoms with E-state index in [4.69, 9.17) is 16.9 Å². The summed E-state index contributed by atoms with van der Waals surface area (Å²) in [4.78, 5) is 3.70. The van der Waals surface area contributed by atoms with E-state index in [1.807, 2.05) is 37.3 Å². The zero-order chi connectivity index (χ0) is 18.4. The minimum absolute atomic E-state index is 0.142. The third-order valence-corrected chi connectivity index (χ3v) is 4.06. The van der Waals surface area contributed by atoms with Crippen LogP contribution in [0.4, 0.5) is 13.2 Å². The van der Waals surface area contributed by atoms with Gasteiger partial charge in [-0.2, -0.15) is 18.4 Å². The Morgan fingerprint density at radius 3 is 2.44 bits per heavy atom. The largest absolute Gasteiger partial charge is 0.410 e. The molecule has 0 bridgehead atoms. The number of nitriles is 1. The molecule has 2 aromatic carbocycles. The predicted molar refractivity (Wildman–Crippen MR) is 93.1 cm³/mol. The first-order chi connectivity index (χ1) is 11.8. The normalized spacial score (nSPS) is 13.0. The molecule has 0 saturated heterocycles. The van der Waals surface area contributed by atoms with Crippen LogP contribution in [0.15, 0.2) is 47.5 Å². The van der Waals surface area contributed by atoms with E-state index in [1.54, 1.807) is 0 Å². The maximum absolute atomic E-state index is 13.2. The molecule has 6 heteroatoms. The topological polar surface area (TPSA) is 36.1 Å². The highest BCUT2D eigenvalue weighted by Crippen LogP contribution is 2.27. The Balaban J connectivity index is 2.12. The van der Waals surface area contributed by atoms with Gasteiger partial charge in [-0.1, -0.05) is 47.5 Å². The molecule has 0 spiro atoms. The number of nitrogens with zero attached hydrogens (tertiary/aromatic N) is 2. The predicted octanol–water partition coefficient (Wildman–Crippen LogP) is 5.50. The molecule has 1 atom stereocenters. The van der Waals surface area contributed by atoms with Gasteiger partial charge >= 0.3 is 6.18 Å². The number of benzene rings is 2. The van der Waals surface area contributed by atoms with Crippen molar-refractivity contribution in [2.24, 2.45) is 4.99 Å². The van der Waals surface area contributed by atoms with E-state index in [1.165, 1.54) is 18.2 Å². The van der Waals surface area contributed by atoms with Crippen molar-refractivity contribution >= 4 is 17.8 Å². The number of rotatable bonds is 5. The summed E-state index contributed by atoms with van der Waals surface area (Å²) in [6.45, 7) is 1.92. The summed E-state index contributed by atoms with van der Waals surface area (Å²) in [7, 11) is 0. The van der Waals surface area contributed by atoms with Gasteiger partial charge in [-0.25, -0.2) is 0 Å². The average molecular weight is 365 g/mol. The summed E-state index contributed by atoms with van der Waals surface area (Å²) in [6.07, 6.45) is -3.17. The fourth-order valence-corrected chi connectivity index (χ4v) is 2.48. The third-order valence-electron chi connectivity index (χ3n) is 3.73. The van der Waals surface area contributed by atoms with E-state index in [0.717, 1.165) is 17.3 Å². The highest BCUT2D eigenvalue weighted by molar-refractivity contribution is 6.33. The average Bonchev–Trinajstić information content (AvgIpc) is 2.56. The van der Waals surface area contributed by atoms with E-state index in [2.05, 4.69) is 4.99 Å². The standard InChI is InChI=1S/C19H16ClF3N2/c1-13-2-4-14(5-3-13)7-9-18(19(21,22)23)25-12-16-8-6-15(11-24)10-17(16)20/h2-6,8,10,12,18H,7,9H2,1H3. The summed E-state index contributed by atoms with van der Waals surface area (Å²) < 4.78 is 39.7. The van der Waals surface area contributed by atoms with Crippen LogP contribution in [-0.2, 0) is 6.42 Å². The summed E-state index contributed by atoms with van der Waals surface area (Å²) in [5.41, 5.74) is 2.59. The molecule has 0 aliphatic carbocycles. The molecule has 2 rings (SSSR count). The minimum atomic E-state index is -4.43. The Morgan fingerprint density at radius 2 is 1.88 bits per heavy atom. The molecule has 0 aromatic heterocycles. The highest BCUT2D eigenvalue weighted by atomic mass is 35.5. The molecule has 0 amide bonds. The van der Waals surface area contributed by atoms with Crippen LogP contribution in [0.3, 0.4) is 0 Å². The first kappa shape index (κ1) is 19.0. The maximum atomic E-state index is 13.2. The van der Waals surface area contributed by atoms with Crippen LogP contribution >= 0.6 is 11.6 Å². The van der Waals surface area contributed by atoms with Crippen molar-refractivity contribution in [1.29, 1.82) is 5.26 Å². The third kappa shape index (κ3) is 5.61. The smallest absolute Gasteiger partial charge is 0.280 e. The van der Waals surface area contributed by atoms with Crippen LogP contribution < -0.4 is 0 Å². The van der Waals surface area contributed by atoms with Crippen molar-refractivity contribution < 1.29 is 13.2 Å². The van der Waals surface area contributed by atoms with Gasteiger partial charge in [0.05, 0.1) is 16.7 Å². The van der Waals surface area contributed by atoms with Crippen molar-refractivity contribution in [2.45, 2.75) is 32.0 Å². The molecule has 130 valence electrons. The zero-order valence-electron chi connectivity index (χ0n) is 13.5. The number of hydrogen-bond donors (Lipinski definition) is 0. The molecule has 2 nitrogen and oxygen atoms in total. The monoisotopic (exact) mass is 364 g/mol. The molecule has 0 fully saturated rings. The van der Waals surface area contributed by atoms with Crippen LogP contribution in [0.2, 0.25) is 5.02 Å². The van der Waals surface area contributed by atoms with Gasteiger partial charge in [-0.3, -0.25) is 4.99 Å². The Morgan fingerprint density at radius 1 is 1.20 bits per heavy atom. The van der Waals surface area contributed by atoms with Crippen LogP contribution in [0.5, 0.6) is 0 Å². The van der Waals surface area contributed by atoms with Gasteiger partial charge in [0.1, 0.15) is 6.04 Å². The first-order valence-corrected chi connectivity index (χ1v) is 8.02. The number of halogens is 4. The molecular weight excluding hydrogens is 349 g/mol. The van der Waals surface area contributed by atoms with Crippen LogP contribution in [-0.4, -0.2) is 18.4 Å². The molecule has 25 heavy (non-hydrogen) atoms. The Labute approximate surface area is 149 Å². The van der Waals surface area contributed by atoms with Crippen molar-refractivity contribution in [1.82, 2.24) is 0 Å². The first-order valence-electron chi connectivity index (χ1n) is 7.64. The number of alkyl halides is 3. The second-order valence-corrected chi connectivity index (χ2v) is 6.12. The van der Waals surface area contributed by atoms with Gasteiger partial charge in [-0.15, -0.1) is 0 Å². The Hall–Kier alpha value is -2.32. The molecule has 0 heterocycles.